The number of rotatable bonds is 1. The van der Waals surface area contributed by atoms with Crippen molar-refractivity contribution in [2.24, 2.45) is 0 Å². The van der Waals surface area contributed by atoms with E-state index in [0.29, 0.717) is 0 Å². The third-order valence-corrected chi connectivity index (χ3v) is 4.11. The Hall–Kier alpha value is 0.720. The van der Waals surface area contributed by atoms with Crippen LogP contribution in [0.1, 0.15) is 12.5 Å². The smallest absolute Gasteiger partial charge is 0.0449 e. The number of hydrogen-bond acceptors (Lipinski definition) is 0. The first kappa shape index (κ1) is 9.81. The van der Waals surface area contributed by atoms with E-state index in [1.807, 2.05) is 6.07 Å². The lowest BCUT2D eigenvalue weighted by Crippen LogP contribution is -1.84. The summed E-state index contributed by atoms with van der Waals surface area (Å²) in [7, 11) is 0. The van der Waals surface area contributed by atoms with Crippen molar-refractivity contribution in [3.05, 3.63) is 30.8 Å². The maximum absolute atomic E-state index is 5.98. The summed E-state index contributed by atoms with van der Waals surface area (Å²) in [4.78, 5) is 0. The molecule has 0 spiro atoms. The minimum Gasteiger partial charge on any atom is -0.0840 e. The molecule has 0 saturated carbocycles. The van der Waals surface area contributed by atoms with Gasteiger partial charge in [0, 0.05) is 13.1 Å². The summed E-state index contributed by atoms with van der Waals surface area (Å²) in [5.74, 6) is 0. The van der Waals surface area contributed by atoms with Gasteiger partial charge in [-0.1, -0.05) is 18.5 Å². The number of hydrogen-bond donors (Lipinski definition) is 0. The molecule has 0 saturated heterocycles. The Bertz CT molecular complexity index is 273. The van der Waals surface area contributed by atoms with Crippen LogP contribution in [0.2, 0.25) is 5.02 Å². The monoisotopic (exact) mass is 344 g/mol. The van der Waals surface area contributed by atoms with Crippen molar-refractivity contribution < 1.29 is 0 Å². The zero-order chi connectivity index (χ0) is 8.43. The fourth-order valence-electron chi connectivity index (χ4n) is 0.835. The molecule has 0 aliphatic carbocycles. The Kier molecular flexibility index (Phi) is 3.65. The molecule has 3 heteroatoms. The summed E-state index contributed by atoms with van der Waals surface area (Å²) in [5, 5.41) is 0.861. The van der Waals surface area contributed by atoms with E-state index in [9.17, 15) is 0 Å². The van der Waals surface area contributed by atoms with Crippen LogP contribution in [-0.2, 0) is 6.42 Å². The van der Waals surface area contributed by atoms with Gasteiger partial charge in [-0.3, -0.25) is 0 Å². The average molecular weight is 345 g/mol. The van der Waals surface area contributed by atoms with Crippen LogP contribution in [0, 0.1) is 3.57 Å². The summed E-state index contributed by atoms with van der Waals surface area (Å²) in [6, 6.07) is 4.05. The van der Waals surface area contributed by atoms with Crippen LogP contribution in [0.4, 0.5) is 0 Å². The van der Waals surface area contributed by atoms with Gasteiger partial charge in [0.05, 0.1) is 0 Å². The molecule has 0 fully saturated rings. The summed E-state index contributed by atoms with van der Waals surface area (Å²) >= 11 is 11.7. The largest absolute Gasteiger partial charge is 0.0840 e. The van der Waals surface area contributed by atoms with Crippen LogP contribution in [0.5, 0.6) is 0 Å². The Balaban J connectivity index is 3.21. The van der Waals surface area contributed by atoms with Crippen LogP contribution < -0.4 is 0 Å². The molecule has 0 amide bonds. The molecule has 1 aromatic rings. The third-order valence-electron chi connectivity index (χ3n) is 1.47. The first-order valence-corrected chi connectivity index (χ1v) is 5.53. The molecule has 1 rings (SSSR count). The normalized spacial score (nSPS) is 10.2. The number of halogens is 3. The summed E-state index contributed by atoms with van der Waals surface area (Å²) in [5.41, 5.74) is 1.19. The van der Waals surface area contributed by atoms with Crippen molar-refractivity contribution in [2.75, 3.05) is 0 Å². The SMILES string of the molecule is CCc1cc(Br)c(I)cc1Cl. The van der Waals surface area contributed by atoms with Crippen molar-refractivity contribution in [3.8, 4) is 0 Å². The Morgan fingerprint density at radius 2 is 2.18 bits per heavy atom. The van der Waals surface area contributed by atoms with Crippen LogP contribution in [0.15, 0.2) is 16.6 Å². The topological polar surface area (TPSA) is 0 Å². The van der Waals surface area contributed by atoms with Gasteiger partial charge in [-0.15, -0.1) is 0 Å². The van der Waals surface area contributed by atoms with Crippen LogP contribution >= 0.6 is 50.1 Å². The maximum Gasteiger partial charge on any atom is 0.0449 e. The predicted octanol–water partition coefficient (Wildman–Crippen LogP) is 4.27. The zero-order valence-corrected chi connectivity index (χ0v) is 10.5. The molecule has 0 unspecified atom stereocenters. The van der Waals surface area contributed by atoms with Gasteiger partial charge < -0.3 is 0 Å². The average Bonchev–Trinajstić information content (AvgIpc) is 1.97. The fraction of sp³-hybridized carbons (Fsp3) is 0.250. The van der Waals surface area contributed by atoms with Crippen LogP contribution in [0.3, 0.4) is 0 Å². The van der Waals surface area contributed by atoms with E-state index in [0.717, 1.165) is 19.5 Å². The molecule has 60 valence electrons. The first-order valence-electron chi connectivity index (χ1n) is 3.28. The zero-order valence-electron chi connectivity index (χ0n) is 6.00. The first-order chi connectivity index (χ1) is 5.15. The quantitative estimate of drug-likeness (QED) is 0.527. The van der Waals surface area contributed by atoms with Gasteiger partial charge >= 0.3 is 0 Å². The maximum atomic E-state index is 5.98. The molecule has 0 N–H and O–H groups in total. The van der Waals surface area contributed by atoms with Crippen molar-refractivity contribution in [1.29, 1.82) is 0 Å². The second kappa shape index (κ2) is 4.10. The summed E-state index contributed by atoms with van der Waals surface area (Å²) in [6.45, 7) is 2.10. The van der Waals surface area contributed by atoms with E-state index in [4.69, 9.17) is 11.6 Å². The second-order valence-electron chi connectivity index (χ2n) is 2.21. The highest BCUT2D eigenvalue weighted by Crippen LogP contribution is 2.26. The minimum absolute atomic E-state index is 0.861. The molecule has 0 aliphatic rings. The Morgan fingerprint density at radius 3 is 2.73 bits per heavy atom. The van der Waals surface area contributed by atoms with Crippen molar-refractivity contribution in [3.63, 3.8) is 0 Å². The molecular formula is C8H7BrClI. The van der Waals surface area contributed by atoms with Crippen molar-refractivity contribution >= 4 is 50.1 Å². The van der Waals surface area contributed by atoms with Crippen molar-refractivity contribution in [1.82, 2.24) is 0 Å². The molecule has 11 heavy (non-hydrogen) atoms. The van der Waals surface area contributed by atoms with E-state index in [-0.39, 0.29) is 0 Å². The summed E-state index contributed by atoms with van der Waals surface area (Å²) in [6.07, 6.45) is 0.981. The lowest BCUT2D eigenvalue weighted by Gasteiger charge is -2.02. The van der Waals surface area contributed by atoms with Gasteiger partial charge in [0.2, 0.25) is 0 Å². The standard InChI is InChI=1S/C8H7BrClI/c1-2-5-3-6(9)8(11)4-7(5)10/h3-4H,2H2,1H3. The molecule has 0 nitrogen and oxygen atoms in total. The number of aryl methyl sites for hydroxylation is 1. The van der Waals surface area contributed by atoms with Gasteiger partial charge in [0.25, 0.3) is 0 Å². The molecule has 0 atom stereocenters. The van der Waals surface area contributed by atoms with Gasteiger partial charge in [0.1, 0.15) is 0 Å². The second-order valence-corrected chi connectivity index (χ2v) is 4.64. The lowest BCUT2D eigenvalue weighted by molar-refractivity contribution is 1.13. The van der Waals surface area contributed by atoms with E-state index in [1.165, 1.54) is 5.56 Å². The molecule has 0 bridgehead atoms. The van der Waals surface area contributed by atoms with E-state index >= 15 is 0 Å². The summed E-state index contributed by atoms with van der Waals surface area (Å²) < 4.78 is 2.28. The van der Waals surface area contributed by atoms with Gasteiger partial charge in [-0.05, 0) is 62.6 Å². The molecule has 0 aromatic heterocycles. The molecular weight excluding hydrogens is 338 g/mol. The lowest BCUT2D eigenvalue weighted by atomic mass is 10.2. The van der Waals surface area contributed by atoms with Gasteiger partial charge in [-0.2, -0.15) is 0 Å². The highest BCUT2D eigenvalue weighted by atomic mass is 127. The van der Waals surface area contributed by atoms with E-state index in [2.05, 4.69) is 51.5 Å². The predicted molar refractivity (Wildman–Crippen MR) is 61.2 cm³/mol. The number of benzene rings is 1. The molecule has 0 heterocycles. The third kappa shape index (κ3) is 2.33. The molecule has 1 aromatic carbocycles. The highest BCUT2D eigenvalue weighted by Gasteiger charge is 2.02. The van der Waals surface area contributed by atoms with Gasteiger partial charge in [0.15, 0.2) is 0 Å². The van der Waals surface area contributed by atoms with E-state index in [1.54, 1.807) is 0 Å². The van der Waals surface area contributed by atoms with Gasteiger partial charge in [-0.25, -0.2) is 0 Å². The van der Waals surface area contributed by atoms with Crippen LogP contribution in [-0.4, -0.2) is 0 Å². The highest BCUT2D eigenvalue weighted by molar-refractivity contribution is 14.1. The molecule has 0 radical (unpaired) electrons. The molecule has 0 aliphatic heterocycles. The Labute approximate surface area is 93.6 Å². The van der Waals surface area contributed by atoms with Crippen molar-refractivity contribution in [2.45, 2.75) is 13.3 Å². The van der Waals surface area contributed by atoms with Crippen LogP contribution in [0.25, 0.3) is 0 Å². The Morgan fingerprint density at radius 1 is 1.55 bits per heavy atom. The van der Waals surface area contributed by atoms with E-state index < -0.39 is 0 Å². The fourth-order valence-corrected chi connectivity index (χ4v) is 2.17. The minimum atomic E-state index is 0.861.